The van der Waals surface area contributed by atoms with Crippen molar-refractivity contribution in [2.75, 3.05) is 0 Å². The van der Waals surface area contributed by atoms with Gasteiger partial charge in [0.05, 0.1) is 6.07 Å². The molecule has 2 atom stereocenters. The van der Waals surface area contributed by atoms with Crippen LogP contribution >= 0.6 is 0 Å². The average Bonchev–Trinajstić information content (AvgIpc) is 2.69. The maximum Gasteiger partial charge on any atom is 0.408 e. The zero-order chi connectivity index (χ0) is 13.4. The second kappa shape index (κ2) is 4.46. The smallest absolute Gasteiger partial charge is 0.408 e. The van der Waals surface area contributed by atoms with Crippen LogP contribution in [-0.4, -0.2) is 17.7 Å². The van der Waals surface area contributed by atoms with Gasteiger partial charge in [-0.3, -0.25) is 0 Å². The minimum absolute atomic E-state index is 0.331. The number of hydrogen-bond donors (Lipinski definition) is 1. The molecule has 2 rings (SSSR count). The summed E-state index contributed by atoms with van der Waals surface area (Å²) >= 11 is 0. The minimum atomic E-state index is -0.515. The van der Waals surface area contributed by atoms with Crippen LogP contribution in [0.1, 0.15) is 52.9 Å². The van der Waals surface area contributed by atoms with Gasteiger partial charge in [-0.2, -0.15) is 5.26 Å². The van der Waals surface area contributed by atoms with Crippen LogP contribution in [0.5, 0.6) is 0 Å². The monoisotopic (exact) mass is 250 g/mol. The van der Waals surface area contributed by atoms with Crippen molar-refractivity contribution in [3.63, 3.8) is 0 Å². The van der Waals surface area contributed by atoms with Crippen LogP contribution < -0.4 is 5.32 Å². The highest BCUT2D eigenvalue weighted by Crippen LogP contribution is 2.63. The van der Waals surface area contributed by atoms with Gasteiger partial charge < -0.3 is 10.1 Å². The predicted octanol–water partition coefficient (Wildman–Crippen LogP) is 2.98. The van der Waals surface area contributed by atoms with Gasteiger partial charge in [-0.25, -0.2) is 4.79 Å². The van der Waals surface area contributed by atoms with Gasteiger partial charge in [0, 0.05) is 0 Å². The van der Waals surface area contributed by atoms with Gasteiger partial charge in [-0.15, -0.1) is 0 Å². The van der Waals surface area contributed by atoms with Crippen LogP contribution in [-0.2, 0) is 4.74 Å². The normalized spacial score (nSPS) is 26.4. The molecule has 0 aromatic carbocycles. The third-order valence-corrected chi connectivity index (χ3v) is 4.07. The summed E-state index contributed by atoms with van der Waals surface area (Å²) in [5, 5.41) is 11.9. The highest BCUT2D eigenvalue weighted by Gasteiger charge is 2.58. The Bertz CT molecular complexity index is 372. The van der Waals surface area contributed by atoms with E-state index < -0.39 is 17.7 Å². The summed E-state index contributed by atoms with van der Waals surface area (Å²) in [5.74, 6) is 0.331. The van der Waals surface area contributed by atoms with Crippen LogP contribution in [0, 0.1) is 22.7 Å². The Labute approximate surface area is 109 Å². The van der Waals surface area contributed by atoms with E-state index in [1.807, 2.05) is 20.8 Å². The predicted molar refractivity (Wildman–Crippen MR) is 67.8 cm³/mol. The average molecular weight is 250 g/mol. The van der Waals surface area contributed by atoms with Gasteiger partial charge in [0.1, 0.15) is 11.6 Å². The number of nitrogens with zero attached hydrogens (tertiary/aromatic N) is 1. The lowest BCUT2D eigenvalue weighted by molar-refractivity contribution is 0.0508. The van der Waals surface area contributed by atoms with Crippen molar-refractivity contribution < 1.29 is 9.53 Å². The van der Waals surface area contributed by atoms with Crippen molar-refractivity contribution in [2.45, 2.75) is 64.5 Å². The fraction of sp³-hybridized carbons (Fsp3) is 0.857. The quantitative estimate of drug-likeness (QED) is 0.819. The van der Waals surface area contributed by atoms with Crippen LogP contribution in [0.25, 0.3) is 0 Å². The Kier molecular flexibility index (Phi) is 3.27. The molecule has 1 amide bonds. The first-order valence-electron chi connectivity index (χ1n) is 6.75. The lowest BCUT2D eigenvalue weighted by atomic mass is 9.98. The maximum absolute atomic E-state index is 11.7. The van der Waals surface area contributed by atoms with Crippen LogP contribution in [0.2, 0.25) is 0 Å². The molecule has 0 saturated heterocycles. The van der Waals surface area contributed by atoms with Crippen molar-refractivity contribution in [1.82, 2.24) is 5.32 Å². The van der Waals surface area contributed by atoms with E-state index in [2.05, 4.69) is 11.4 Å². The van der Waals surface area contributed by atoms with Crippen molar-refractivity contribution in [3.8, 4) is 6.07 Å². The van der Waals surface area contributed by atoms with E-state index in [0.717, 1.165) is 6.42 Å². The summed E-state index contributed by atoms with van der Waals surface area (Å²) in [7, 11) is 0. The van der Waals surface area contributed by atoms with Gasteiger partial charge >= 0.3 is 6.09 Å². The Morgan fingerprint density at radius 1 is 1.44 bits per heavy atom. The fourth-order valence-corrected chi connectivity index (χ4v) is 3.16. The molecule has 4 nitrogen and oxygen atoms in total. The zero-order valence-corrected chi connectivity index (χ0v) is 11.5. The molecule has 1 spiro atoms. The summed E-state index contributed by atoms with van der Waals surface area (Å²) in [5.41, 5.74) is -0.159. The van der Waals surface area contributed by atoms with E-state index in [0.29, 0.717) is 11.3 Å². The van der Waals surface area contributed by atoms with Gasteiger partial charge in [0.25, 0.3) is 0 Å². The third kappa shape index (κ3) is 2.77. The van der Waals surface area contributed by atoms with E-state index in [9.17, 15) is 10.1 Å². The number of carbonyl (C=O) groups is 1. The summed E-state index contributed by atoms with van der Waals surface area (Å²) in [6, 6.07) is 1.83. The van der Waals surface area contributed by atoms with Crippen LogP contribution in [0.3, 0.4) is 0 Å². The molecule has 0 aromatic rings. The number of nitrogens with one attached hydrogen (secondary N) is 1. The first-order chi connectivity index (χ1) is 8.36. The van der Waals surface area contributed by atoms with E-state index >= 15 is 0 Å². The molecular weight excluding hydrogens is 228 g/mol. The van der Waals surface area contributed by atoms with Gasteiger partial charge in [0.2, 0.25) is 0 Å². The number of rotatable bonds is 2. The molecule has 0 radical (unpaired) electrons. The number of ether oxygens (including phenoxy) is 1. The summed E-state index contributed by atoms with van der Waals surface area (Å²) in [4.78, 5) is 11.7. The standard InChI is InChI=1S/C14H22N2O2/c1-13(2,3)18-12(17)16-11(9-15)10-8-14(10)6-4-5-7-14/h10-11H,4-8H2,1-3H3,(H,16,17). The lowest BCUT2D eigenvalue weighted by Gasteiger charge is -2.21. The zero-order valence-electron chi connectivity index (χ0n) is 11.5. The largest absolute Gasteiger partial charge is 0.444 e. The first kappa shape index (κ1) is 13.2. The van der Waals surface area contributed by atoms with E-state index in [-0.39, 0.29) is 0 Å². The maximum atomic E-state index is 11.7. The van der Waals surface area contributed by atoms with E-state index in [1.54, 1.807) is 0 Å². The van der Waals surface area contributed by atoms with Crippen LogP contribution in [0.4, 0.5) is 4.79 Å². The summed E-state index contributed by atoms with van der Waals surface area (Å²) < 4.78 is 5.20. The molecule has 2 aliphatic rings. The molecule has 2 unspecified atom stereocenters. The molecular formula is C14H22N2O2. The minimum Gasteiger partial charge on any atom is -0.444 e. The molecule has 18 heavy (non-hydrogen) atoms. The molecule has 0 bridgehead atoms. The SMILES string of the molecule is CC(C)(C)OC(=O)NC(C#N)C1CC12CCCC2. The second-order valence-corrected chi connectivity index (χ2v) is 6.63. The molecule has 1 N–H and O–H groups in total. The molecule has 2 fully saturated rings. The van der Waals surface area contributed by atoms with Crippen molar-refractivity contribution >= 4 is 6.09 Å². The Morgan fingerprint density at radius 2 is 2.06 bits per heavy atom. The summed E-state index contributed by atoms with van der Waals surface area (Å²) in [6.07, 6.45) is 5.56. The number of nitriles is 1. The van der Waals surface area contributed by atoms with Gasteiger partial charge in [-0.05, 0) is 51.4 Å². The fourth-order valence-electron chi connectivity index (χ4n) is 3.16. The molecule has 2 aliphatic carbocycles. The highest BCUT2D eigenvalue weighted by molar-refractivity contribution is 5.68. The topological polar surface area (TPSA) is 62.1 Å². The van der Waals surface area contributed by atoms with Crippen LogP contribution in [0.15, 0.2) is 0 Å². The molecule has 0 aromatic heterocycles. The molecule has 0 aliphatic heterocycles. The Hall–Kier alpha value is -1.24. The number of alkyl carbamates (subject to hydrolysis) is 1. The van der Waals surface area contributed by atoms with Crippen molar-refractivity contribution in [3.05, 3.63) is 0 Å². The van der Waals surface area contributed by atoms with E-state index in [4.69, 9.17) is 4.74 Å². The number of amides is 1. The molecule has 4 heteroatoms. The van der Waals surface area contributed by atoms with Crippen molar-refractivity contribution in [2.24, 2.45) is 11.3 Å². The van der Waals surface area contributed by atoms with E-state index in [1.165, 1.54) is 25.7 Å². The Morgan fingerprint density at radius 3 is 2.56 bits per heavy atom. The molecule has 0 heterocycles. The van der Waals surface area contributed by atoms with Crippen molar-refractivity contribution in [1.29, 1.82) is 5.26 Å². The first-order valence-corrected chi connectivity index (χ1v) is 6.75. The molecule has 2 saturated carbocycles. The lowest BCUT2D eigenvalue weighted by Crippen LogP contribution is -2.40. The Balaban J connectivity index is 1.88. The van der Waals surface area contributed by atoms with Gasteiger partial charge in [0.15, 0.2) is 0 Å². The van der Waals surface area contributed by atoms with Gasteiger partial charge in [-0.1, -0.05) is 12.8 Å². The number of hydrogen-bond acceptors (Lipinski definition) is 3. The molecule has 100 valence electrons. The number of carbonyl (C=O) groups excluding carboxylic acids is 1. The second-order valence-electron chi connectivity index (χ2n) is 6.63. The summed E-state index contributed by atoms with van der Waals surface area (Å²) in [6.45, 7) is 5.47. The third-order valence-electron chi connectivity index (χ3n) is 4.07. The highest BCUT2D eigenvalue weighted by atomic mass is 16.6.